The zero-order valence-electron chi connectivity index (χ0n) is 11.7. The average Bonchev–Trinajstić information content (AvgIpc) is 2.40. The van der Waals surface area contributed by atoms with Crippen molar-refractivity contribution in [3.8, 4) is 0 Å². The molecular weight excluding hydrogens is 332 g/mol. The van der Waals surface area contributed by atoms with Crippen molar-refractivity contribution in [2.75, 3.05) is 10.6 Å². The van der Waals surface area contributed by atoms with Gasteiger partial charge in [0.15, 0.2) is 0 Å². The van der Waals surface area contributed by atoms with Crippen LogP contribution >= 0.6 is 15.9 Å². The van der Waals surface area contributed by atoms with E-state index in [4.69, 9.17) is 0 Å². The Morgan fingerprint density at radius 2 is 1.29 bits per heavy atom. The number of benzene rings is 2. The molecule has 0 fully saturated rings. The highest BCUT2D eigenvalue weighted by molar-refractivity contribution is 9.10. The summed E-state index contributed by atoms with van der Waals surface area (Å²) >= 11 is 3.31. The third kappa shape index (κ3) is 4.43. The molecule has 21 heavy (non-hydrogen) atoms. The number of carbonyl (C=O) groups is 2. The molecule has 0 saturated carbocycles. The Morgan fingerprint density at radius 1 is 0.810 bits per heavy atom. The first kappa shape index (κ1) is 15.3. The standard InChI is InChI=1S/C16H15BrN2O2/c1-10-7-11(2)9-14(8-10)19-16(21)15(20)18-13-5-3-12(17)4-6-13/h3-9H,1-2H3,(H,18,20)(H,19,21). The van der Waals surface area contributed by atoms with E-state index in [0.717, 1.165) is 15.6 Å². The summed E-state index contributed by atoms with van der Waals surface area (Å²) in [6.07, 6.45) is 0. The number of halogens is 1. The Morgan fingerprint density at radius 3 is 1.81 bits per heavy atom. The minimum Gasteiger partial charge on any atom is -0.318 e. The molecule has 108 valence electrons. The number of anilines is 2. The van der Waals surface area contributed by atoms with Gasteiger partial charge in [0.25, 0.3) is 0 Å². The second-order valence-corrected chi connectivity index (χ2v) is 5.71. The van der Waals surface area contributed by atoms with Gasteiger partial charge < -0.3 is 10.6 Å². The summed E-state index contributed by atoms with van der Waals surface area (Å²) in [6, 6.07) is 12.6. The first-order chi connectivity index (χ1) is 9.94. The molecule has 0 saturated heterocycles. The third-order valence-corrected chi connectivity index (χ3v) is 3.32. The zero-order valence-corrected chi connectivity index (χ0v) is 13.3. The lowest BCUT2D eigenvalue weighted by Gasteiger charge is -2.08. The molecule has 2 amide bonds. The van der Waals surface area contributed by atoms with E-state index in [1.165, 1.54) is 0 Å². The fraction of sp³-hybridized carbons (Fsp3) is 0.125. The number of hydrogen-bond acceptors (Lipinski definition) is 2. The lowest BCUT2D eigenvalue weighted by molar-refractivity contribution is -0.132. The summed E-state index contributed by atoms with van der Waals surface area (Å²) in [4.78, 5) is 23.7. The van der Waals surface area contributed by atoms with Crippen molar-refractivity contribution >= 4 is 39.1 Å². The van der Waals surface area contributed by atoms with E-state index >= 15 is 0 Å². The van der Waals surface area contributed by atoms with Crippen LogP contribution in [0.1, 0.15) is 11.1 Å². The molecule has 2 N–H and O–H groups in total. The van der Waals surface area contributed by atoms with Crippen LogP contribution in [0.25, 0.3) is 0 Å². The topological polar surface area (TPSA) is 58.2 Å². The van der Waals surface area contributed by atoms with E-state index in [-0.39, 0.29) is 0 Å². The third-order valence-electron chi connectivity index (χ3n) is 2.79. The van der Waals surface area contributed by atoms with Gasteiger partial charge in [-0.3, -0.25) is 9.59 Å². The molecule has 0 aliphatic rings. The van der Waals surface area contributed by atoms with Crippen LogP contribution in [0.4, 0.5) is 11.4 Å². The minimum atomic E-state index is -0.698. The molecule has 0 unspecified atom stereocenters. The Kier molecular flexibility index (Phi) is 4.75. The monoisotopic (exact) mass is 346 g/mol. The summed E-state index contributed by atoms with van der Waals surface area (Å²) in [5.74, 6) is -1.39. The molecule has 0 atom stereocenters. The molecule has 0 aromatic heterocycles. The lowest BCUT2D eigenvalue weighted by atomic mass is 10.1. The summed E-state index contributed by atoms with van der Waals surface area (Å²) < 4.78 is 0.903. The van der Waals surface area contributed by atoms with Crippen molar-refractivity contribution in [2.24, 2.45) is 0 Å². The van der Waals surface area contributed by atoms with Gasteiger partial charge in [-0.05, 0) is 61.4 Å². The summed E-state index contributed by atoms with van der Waals surface area (Å²) in [7, 11) is 0. The fourth-order valence-electron chi connectivity index (χ4n) is 1.96. The van der Waals surface area contributed by atoms with Crippen LogP contribution in [0, 0.1) is 13.8 Å². The second-order valence-electron chi connectivity index (χ2n) is 4.79. The Hall–Kier alpha value is -2.14. The maximum atomic E-state index is 11.9. The largest absolute Gasteiger partial charge is 0.318 e. The van der Waals surface area contributed by atoms with Crippen LogP contribution < -0.4 is 10.6 Å². The van der Waals surface area contributed by atoms with Crippen LogP contribution in [0.3, 0.4) is 0 Å². The predicted molar refractivity (Wildman–Crippen MR) is 87.3 cm³/mol. The van der Waals surface area contributed by atoms with Crippen LogP contribution in [-0.4, -0.2) is 11.8 Å². The van der Waals surface area contributed by atoms with Gasteiger partial charge in [0.1, 0.15) is 0 Å². The van der Waals surface area contributed by atoms with Gasteiger partial charge in [0, 0.05) is 15.8 Å². The van der Waals surface area contributed by atoms with Crippen molar-refractivity contribution < 1.29 is 9.59 Å². The predicted octanol–water partition coefficient (Wildman–Crippen LogP) is 3.64. The van der Waals surface area contributed by atoms with Crippen LogP contribution in [-0.2, 0) is 9.59 Å². The van der Waals surface area contributed by atoms with Crippen molar-refractivity contribution in [3.63, 3.8) is 0 Å². The molecular formula is C16H15BrN2O2. The molecule has 0 aliphatic heterocycles. The molecule has 5 heteroatoms. The van der Waals surface area contributed by atoms with Crippen LogP contribution in [0.2, 0.25) is 0 Å². The Balaban J connectivity index is 2.02. The van der Waals surface area contributed by atoms with Crippen molar-refractivity contribution in [2.45, 2.75) is 13.8 Å². The molecule has 4 nitrogen and oxygen atoms in total. The fourth-order valence-corrected chi connectivity index (χ4v) is 2.22. The van der Waals surface area contributed by atoms with E-state index in [9.17, 15) is 9.59 Å². The number of amides is 2. The first-order valence-corrected chi connectivity index (χ1v) is 7.19. The second kappa shape index (κ2) is 6.54. The van der Waals surface area contributed by atoms with Gasteiger partial charge in [-0.15, -0.1) is 0 Å². The van der Waals surface area contributed by atoms with Crippen LogP contribution in [0.5, 0.6) is 0 Å². The lowest BCUT2D eigenvalue weighted by Crippen LogP contribution is -2.29. The van der Waals surface area contributed by atoms with Gasteiger partial charge in [0.2, 0.25) is 0 Å². The van der Waals surface area contributed by atoms with Crippen molar-refractivity contribution in [1.82, 2.24) is 0 Å². The molecule has 0 heterocycles. The maximum Gasteiger partial charge on any atom is 0.314 e. The van der Waals surface area contributed by atoms with E-state index in [1.54, 1.807) is 24.3 Å². The number of aryl methyl sites for hydroxylation is 2. The highest BCUT2D eigenvalue weighted by atomic mass is 79.9. The van der Waals surface area contributed by atoms with E-state index in [2.05, 4.69) is 26.6 Å². The molecule has 2 aromatic rings. The summed E-state index contributed by atoms with van der Waals surface area (Å²) in [5, 5.41) is 5.14. The van der Waals surface area contributed by atoms with Crippen LogP contribution in [0.15, 0.2) is 46.9 Å². The molecule has 0 spiro atoms. The molecule has 0 aliphatic carbocycles. The maximum absolute atomic E-state index is 11.9. The van der Waals surface area contributed by atoms with Crippen molar-refractivity contribution in [3.05, 3.63) is 58.1 Å². The smallest absolute Gasteiger partial charge is 0.314 e. The molecule has 2 rings (SSSR count). The van der Waals surface area contributed by atoms with Gasteiger partial charge in [-0.1, -0.05) is 22.0 Å². The molecule has 0 bridgehead atoms. The normalized spacial score (nSPS) is 10.0. The number of nitrogens with one attached hydrogen (secondary N) is 2. The highest BCUT2D eigenvalue weighted by Crippen LogP contribution is 2.15. The molecule has 2 aromatic carbocycles. The SMILES string of the molecule is Cc1cc(C)cc(NC(=O)C(=O)Nc2ccc(Br)cc2)c1. The van der Waals surface area contributed by atoms with Gasteiger partial charge in [0.05, 0.1) is 0 Å². The average molecular weight is 347 g/mol. The van der Waals surface area contributed by atoms with E-state index < -0.39 is 11.8 Å². The summed E-state index contributed by atoms with van der Waals surface area (Å²) in [5.41, 5.74) is 3.24. The molecule has 0 radical (unpaired) electrons. The Labute approximate surface area is 131 Å². The first-order valence-electron chi connectivity index (χ1n) is 6.40. The van der Waals surface area contributed by atoms with E-state index in [1.807, 2.05) is 32.0 Å². The zero-order chi connectivity index (χ0) is 15.4. The van der Waals surface area contributed by atoms with E-state index in [0.29, 0.717) is 11.4 Å². The van der Waals surface area contributed by atoms with Gasteiger partial charge in [-0.25, -0.2) is 0 Å². The quantitative estimate of drug-likeness (QED) is 0.815. The van der Waals surface area contributed by atoms with Crippen molar-refractivity contribution in [1.29, 1.82) is 0 Å². The number of hydrogen-bond donors (Lipinski definition) is 2. The van der Waals surface area contributed by atoms with Gasteiger partial charge in [-0.2, -0.15) is 0 Å². The number of rotatable bonds is 2. The van der Waals surface area contributed by atoms with Gasteiger partial charge >= 0.3 is 11.8 Å². The number of carbonyl (C=O) groups excluding carboxylic acids is 2. The Bertz CT molecular complexity index is 661. The summed E-state index contributed by atoms with van der Waals surface area (Å²) in [6.45, 7) is 3.87. The minimum absolute atomic E-state index is 0.568. The highest BCUT2D eigenvalue weighted by Gasteiger charge is 2.14.